The molecular weight excluding hydrogens is 350 g/mol. The topological polar surface area (TPSA) is 72.2 Å². The first kappa shape index (κ1) is 15.3. The van der Waals surface area contributed by atoms with Crippen LogP contribution in [0, 0.1) is 11.6 Å². The highest BCUT2D eigenvalue weighted by Gasteiger charge is 2.24. The lowest BCUT2D eigenvalue weighted by atomic mass is 10.3. The third-order valence-electron chi connectivity index (χ3n) is 2.13. The van der Waals surface area contributed by atoms with Crippen LogP contribution in [0.2, 0.25) is 0 Å². The van der Waals surface area contributed by atoms with Gasteiger partial charge in [0, 0.05) is 6.07 Å². The van der Waals surface area contributed by atoms with Crippen molar-refractivity contribution < 1.29 is 17.2 Å². The number of nitrogens with one attached hydrogen (secondary N) is 1. The molecule has 1 rings (SSSR count). The van der Waals surface area contributed by atoms with Gasteiger partial charge in [0.05, 0.1) is 15.1 Å². The quantitative estimate of drug-likeness (QED) is 0.638. The standard InChI is InChI=1S/C9H9BrF2N2O2S2/c1-4(9(13)17)18(15,16)14-8-3-6(11)5(10)2-7(8)12/h2-4,14H,1H3,(H2,13,17). The molecule has 18 heavy (non-hydrogen) atoms. The summed E-state index contributed by atoms with van der Waals surface area (Å²) < 4.78 is 51.9. The molecule has 3 N–H and O–H groups in total. The molecule has 0 aromatic heterocycles. The molecule has 0 aliphatic heterocycles. The van der Waals surface area contributed by atoms with Gasteiger partial charge in [-0.1, -0.05) is 12.2 Å². The van der Waals surface area contributed by atoms with E-state index in [1.165, 1.54) is 6.92 Å². The van der Waals surface area contributed by atoms with Crippen LogP contribution in [0.15, 0.2) is 16.6 Å². The SMILES string of the molecule is CC(C(N)=S)S(=O)(=O)Nc1cc(F)c(Br)cc1F. The summed E-state index contributed by atoms with van der Waals surface area (Å²) in [7, 11) is -4.00. The average molecular weight is 359 g/mol. The first-order valence-electron chi connectivity index (χ1n) is 4.60. The van der Waals surface area contributed by atoms with Crippen molar-refractivity contribution in [1.29, 1.82) is 0 Å². The third kappa shape index (κ3) is 3.36. The van der Waals surface area contributed by atoms with Crippen molar-refractivity contribution in [2.24, 2.45) is 5.73 Å². The number of sulfonamides is 1. The van der Waals surface area contributed by atoms with E-state index in [-0.39, 0.29) is 9.46 Å². The number of nitrogens with two attached hydrogens (primary N) is 1. The molecule has 1 aromatic rings. The molecule has 1 unspecified atom stereocenters. The highest BCUT2D eigenvalue weighted by atomic mass is 79.9. The van der Waals surface area contributed by atoms with E-state index in [1.54, 1.807) is 0 Å². The van der Waals surface area contributed by atoms with Gasteiger partial charge in [-0.05, 0) is 28.9 Å². The summed E-state index contributed by atoms with van der Waals surface area (Å²) in [4.78, 5) is -0.263. The normalized spacial score (nSPS) is 13.1. The average Bonchev–Trinajstić information content (AvgIpc) is 2.24. The number of benzene rings is 1. The molecule has 0 fully saturated rings. The fourth-order valence-corrected chi connectivity index (χ4v) is 2.64. The van der Waals surface area contributed by atoms with Crippen LogP contribution in [0.3, 0.4) is 0 Å². The van der Waals surface area contributed by atoms with Crippen LogP contribution in [-0.4, -0.2) is 18.7 Å². The van der Waals surface area contributed by atoms with Gasteiger partial charge in [0.1, 0.15) is 16.9 Å². The Morgan fingerprint density at radius 1 is 1.44 bits per heavy atom. The molecule has 4 nitrogen and oxygen atoms in total. The van der Waals surface area contributed by atoms with E-state index >= 15 is 0 Å². The molecular formula is C9H9BrF2N2O2S2. The van der Waals surface area contributed by atoms with E-state index in [4.69, 9.17) is 5.73 Å². The Hall–Kier alpha value is -0.800. The van der Waals surface area contributed by atoms with Gasteiger partial charge in [0.25, 0.3) is 0 Å². The fraction of sp³-hybridized carbons (Fsp3) is 0.222. The summed E-state index contributed by atoms with van der Waals surface area (Å²) in [5.74, 6) is -1.71. The molecule has 0 spiro atoms. The Kier molecular flexibility index (Phi) is 4.62. The van der Waals surface area contributed by atoms with Gasteiger partial charge in [-0.3, -0.25) is 4.72 Å². The Balaban J connectivity index is 3.13. The number of rotatable bonds is 4. The minimum Gasteiger partial charge on any atom is -0.392 e. The lowest BCUT2D eigenvalue weighted by Crippen LogP contribution is -2.35. The molecule has 100 valence electrons. The van der Waals surface area contributed by atoms with E-state index in [2.05, 4.69) is 28.1 Å². The van der Waals surface area contributed by atoms with E-state index < -0.39 is 32.6 Å². The molecule has 1 aromatic carbocycles. The van der Waals surface area contributed by atoms with Crippen LogP contribution in [-0.2, 0) is 10.0 Å². The van der Waals surface area contributed by atoms with Crippen LogP contribution in [0.4, 0.5) is 14.5 Å². The molecule has 1 atom stereocenters. The maximum absolute atomic E-state index is 13.4. The first-order chi connectivity index (χ1) is 8.15. The summed E-state index contributed by atoms with van der Waals surface area (Å²) in [6.45, 7) is 1.25. The Morgan fingerprint density at radius 3 is 2.50 bits per heavy atom. The number of anilines is 1. The molecule has 0 aliphatic rings. The summed E-state index contributed by atoms with van der Waals surface area (Å²) in [5.41, 5.74) is 4.70. The van der Waals surface area contributed by atoms with Gasteiger partial charge in [0.15, 0.2) is 0 Å². The van der Waals surface area contributed by atoms with E-state index in [1.807, 2.05) is 4.72 Å². The number of hydrogen-bond acceptors (Lipinski definition) is 3. The summed E-state index contributed by atoms with van der Waals surface area (Å²) in [6, 6.07) is 1.54. The maximum Gasteiger partial charge on any atom is 0.241 e. The van der Waals surface area contributed by atoms with Gasteiger partial charge in [0.2, 0.25) is 10.0 Å². The maximum atomic E-state index is 13.4. The minimum atomic E-state index is -4.00. The Bertz CT molecular complexity index is 592. The Labute approximate surface area is 117 Å². The lowest BCUT2D eigenvalue weighted by Gasteiger charge is -2.14. The van der Waals surface area contributed by atoms with Crippen molar-refractivity contribution in [1.82, 2.24) is 0 Å². The van der Waals surface area contributed by atoms with E-state index in [0.29, 0.717) is 0 Å². The zero-order valence-electron chi connectivity index (χ0n) is 9.08. The minimum absolute atomic E-state index is 0.106. The molecule has 9 heteroatoms. The van der Waals surface area contributed by atoms with Crippen LogP contribution < -0.4 is 10.5 Å². The summed E-state index contributed by atoms with van der Waals surface area (Å²) >= 11 is 7.32. The molecule has 0 heterocycles. The molecule has 0 amide bonds. The zero-order valence-corrected chi connectivity index (χ0v) is 12.3. The zero-order chi connectivity index (χ0) is 14.1. The smallest absolute Gasteiger partial charge is 0.241 e. The van der Waals surface area contributed by atoms with E-state index in [9.17, 15) is 17.2 Å². The van der Waals surface area contributed by atoms with Gasteiger partial charge >= 0.3 is 0 Å². The largest absolute Gasteiger partial charge is 0.392 e. The fourth-order valence-electron chi connectivity index (χ4n) is 0.995. The molecule has 0 radical (unpaired) electrons. The predicted molar refractivity (Wildman–Crippen MR) is 72.8 cm³/mol. The second kappa shape index (κ2) is 5.45. The number of halogens is 3. The van der Waals surface area contributed by atoms with Crippen molar-refractivity contribution >= 4 is 48.8 Å². The van der Waals surface area contributed by atoms with Crippen molar-refractivity contribution in [3.8, 4) is 0 Å². The van der Waals surface area contributed by atoms with Crippen LogP contribution in [0.1, 0.15) is 6.92 Å². The molecule has 0 aliphatic carbocycles. The summed E-state index contributed by atoms with van der Waals surface area (Å²) in [6.07, 6.45) is 0. The predicted octanol–water partition coefficient (Wildman–Crippen LogP) is 2.14. The van der Waals surface area contributed by atoms with Crippen LogP contribution >= 0.6 is 28.1 Å². The monoisotopic (exact) mass is 358 g/mol. The first-order valence-corrected chi connectivity index (χ1v) is 7.35. The molecule has 0 bridgehead atoms. The third-order valence-corrected chi connectivity index (χ3v) is 4.93. The van der Waals surface area contributed by atoms with Crippen LogP contribution in [0.25, 0.3) is 0 Å². The van der Waals surface area contributed by atoms with Gasteiger partial charge in [-0.2, -0.15) is 0 Å². The van der Waals surface area contributed by atoms with Crippen molar-refractivity contribution in [3.05, 3.63) is 28.2 Å². The number of hydrogen-bond donors (Lipinski definition) is 2. The van der Waals surface area contributed by atoms with Crippen molar-refractivity contribution in [2.75, 3.05) is 4.72 Å². The molecule has 0 saturated heterocycles. The highest BCUT2D eigenvalue weighted by molar-refractivity contribution is 9.10. The van der Waals surface area contributed by atoms with E-state index in [0.717, 1.165) is 12.1 Å². The second-order valence-corrected chi connectivity index (χ2v) is 6.76. The van der Waals surface area contributed by atoms with Gasteiger partial charge < -0.3 is 5.73 Å². The second-order valence-electron chi connectivity index (χ2n) is 3.44. The molecule has 0 saturated carbocycles. The van der Waals surface area contributed by atoms with Crippen molar-refractivity contribution in [2.45, 2.75) is 12.2 Å². The Morgan fingerprint density at radius 2 is 2.00 bits per heavy atom. The number of thiocarbonyl (C=S) groups is 1. The summed E-state index contributed by atoms with van der Waals surface area (Å²) in [5, 5.41) is -1.20. The van der Waals surface area contributed by atoms with Gasteiger partial charge in [-0.15, -0.1) is 0 Å². The van der Waals surface area contributed by atoms with Crippen LogP contribution in [0.5, 0.6) is 0 Å². The lowest BCUT2D eigenvalue weighted by molar-refractivity contribution is 0.590. The van der Waals surface area contributed by atoms with Gasteiger partial charge in [-0.25, -0.2) is 17.2 Å². The van der Waals surface area contributed by atoms with Crippen molar-refractivity contribution in [3.63, 3.8) is 0 Å². The highest BCUT2D eigenvalue weighted by Crippen LogP contribution is 2.24.